The Labute approximate surface area is 155 Å². The molecule has 0 aliphatic heterocycles. The molecule has 0 saturated carbocycles. The Kier molecular flexibility index (Phi) is 7.48. The molecule has 140 valence electrons. The van der Waals surface area contributed by atoms with Crippen molar-refractivity contribution in [2.75, 3.05) is 32.1 Å². The van der Waals surface area contributed by atoms with Crippen LogP contribution in [-0.4, -0.2) is 32.7 Å². The van der Waals surface area contributed by atoms with Gasteiger partial charge in [-0.1, -0.05) is 24.3 Å². The van der Waals surface area contributed by atoms with Crippen molar-refractivity contribution in [3.05, 3.63) is 53.6 Å². The number of hydrogen-bond donors (Lipinski definition) is 2. The Balaban J connectivity index is 1.96. The van der Waals surface area contributed by atoms with Gasteiger partial charge in [0.2, 0.25) is 0 Å². The topological polar surface area (TPSA) is 52.0 Å². The number of likely N-dealkylation sites (N-methyl/N-ethyl adjacent to an activating group) is 1. The van der Waals surface area contributed by atoms with E-state index in [-0.39, 0.29) is 5.91 Å². The molecule has 2 aromatic carbocycles. The number of quaternary nitrogens is 1. The lowest BCUT2D eigenvalue weighted by atomic mass is 10.1. The summed E-state index contributed by atoms with van der Waals surface area (Å²) < 4.78 is 11.2. The van der Waals surface area contributed by atoms with E-state index in [1.807, 2.05) is 51.2 Å². The first-order valence-corrected chi connectivity index (χ1v) is 9.08. The van der Waals surface area contributed by atoms with Crippen LogP contribution < -0.4 is 19.7 Å². The van der Waals surface area contributed by atoms with E-state index < -0.39 is 0 Å². The maximum atomic E-state index is 12.4. The Morgan fingerprint density at radius 1 is 1.04 bits per heavy atom. The number of nitrogens with one attached hydrogen (secondary N) is 2. The highest BCUT2D eigenvalue weighted by Gasteiger charge is 2.13. The quantitative estimate of drug-likeness (QED) is 0.725. The molecule has 26 heavy (non-hydrogen) atoms. The Hall–Kier alpha value is -2.53. The van der Waals surface area contributed by atoms with Crippen molar-refractivity contribution in [1.29, 1.82) is 0 Å². The van der Waals surface area contributed by atoms with E-state index in [2.05, 4.69) is 24.4 Å². The molecule has 2 aromatic rings. The van der Waals surface area contributed by atoms with Crippen molar-refractivity contribution < 1.29 is 19.2 Å². The van der Waals surface area contributed by atoms with Crippen LogP contribution in [0.2, 0.25) is 0 Å². The fraction of sp³-hybridized carbons (Fsp3) is 0.381. The monoisotopic (exact) mass is 357 g/mol. The average Bonchev–Trinajstić information content (AvgIpc) is 2.59. The van der Waals surface area contributed by atoms with Gasteiger partial charge in [-0.15, -0.1) is 0 Å². The molecule has 0 radical (unpaired) electrons. The smallest absolute Gasteiger partial charge is 0.279 e. The number of amides is 1. The van der Waals surface area contributed by atoms with Crippen LogP contribution in [0.15, 0.2) is 42.5 Å². The molecule has 5 heteroatoms. The van der Waals surface area contributed by atoms with Gasteiger partial charge in [-0.2, -0.15) is 0 Å². The van der Waals surface area contributed by atoms with Crippen LogP contribution in [0.4, 0.5) is 5.69 Å². The zero-order valence-electron chi connectivity index (χ0n) is 16.1. The van der Waals surface area contributed by atoms with Crippen LogP contribution in [0.3, 0.4) is 0 Å². The Morgan fingerprint density at radius 2 is 1.73 bits per heavy atom. The van der Waals surface area contributed by atoms with E-state index in [4.69, 9.17) is 9.47 Å². The summed E-state index contributed by atoms with van der Waals surface area (Å²) in [5.41, 5.74) is 3.23. The number of carbonyl (C=O) groups is 1. The molecule has 0 aliphatic rings. The number of ether oxygens (including phenoxy) is 2. The molecule has 0 heterocycles. The number of benzene rings is 2. The van der Waals surface area contributed by atoms with Gasteiger partial charge in [0.05, 0.1) is 20.3 Å². The highest BCUT2D eigenvalue weighted by molar-refractivity contribution is 5.91. The molecule has 5 nitrogen and oxygen atoms in total. The van der Waals surface area contributed by atoms with Gasteiger partial charge in [-0.25, -0.2) is 0 Å². The summed E-state index contributed by atoms with van der Waals surface area (Å²) in [4.78, 5) is 13.5. The number of aryl methyl sites for hydroxylation is 1. The van der Waals surface area contributed by atoms with Crippen molar-refractivity contribution in [3.8, 4) is 11.5 Å². The van der Waals surface area contributed by atoms with Crippen molar-refractivity contribution in [2.24, 2.45) is 0 Å². The number of rotatable bonds is 9. The number of hydrogen-bond acceptors (Lipinski definition) is 3. The van der Waals surface area contributed by atoms with Crippen LogP contribution in [0, 0.1) is 6.92 Å². The van der Waals surface area contributed by atoms with Crippen LogP contribution in [0.1, 0.15) is 25.0 Å². The van der Waals surface area contributed by atoms with Gasteiger partial charge in [0, 0.05) is 17.3 Å². The lowest BCUT2D eigenvalue weighted by molar-refractivity contribution is -0.885. The zero-order valence-corrected chi connectivity index (χ0v) is 16.1. The van der Waals surface area contributed by atoms with Crippen molar-refractivity contribution >= 4 is 11.6 Å². The Bertz CT molecular complexity index is 731. The third kappa shape index (κ3) is 5.77. The van der Waals surface area contributed by atoms with E-state index in [1.54, 1.807) is 0 Å². The van der Waals surface area contributed by atoms with Gasteiger partial charge in [0.15, 0.2) is 18.0 Å². The van der Waals surface area contributed by atoms with E-state index in [0.29, 0.717) is 36.9 Å². The summed E-state index contributed by atoms with van der Waals surface area (Å²) in [5.74, 6) is 1.31. The summed E-state index contributed by atoms with van der Waals surface area (Å²) >= 11 is 0. The van der Waals surface area contributed by atoms with Crippen molar-refractivity contribution in [3.63, 3.8) is 0 Å². The summed E-state index contributed by atoms with van der Waals surface area (Å²) in [7, 11) is 2.02. The summed E-state index contributed by atoms with van der Waals surface area (Å²) in [5, 5.41) is 2.95. The second-order valence-corrected chi connectivity index (χ2v) is 6.31. The highest BCUT2D eigenvalue weighted by Crippen LogP contribution is 2.30. The largest absolute Gasteiger partial charge is 0.490 e. The van der Waals surface area contributed by atoms with Gasteiger partial charge in [-0.3, -0.25) is 4.79 Å². The Morgan fingerprint density at radius 3 is 2.42 bits per heavy atom. The number of anilines is 1. The molecule has 1 amide bonds. The van der Waals surface area contributed by atoms with E-state index in [9.17, 15) is 4.79 Å². The predicted octanol–water partition coefficient (Wildman–Crippen LogP) is 2.45. The first-order valence-electron chi connectivity index (χ1n) is 9.08. The third-order valence-electron chi connectivity index (χ3n) is 4.04. The molecule has 0 fully saturated rings. The van der Waals surface area contributed by atoms with Gasteiger partial charge in [0.1, 0.15) is 6.54 Å². The lowest BCUT2D eigenvalue weighted by Gasteiger charge is -2.16. The molecule has 2 N–H and O–H groups in total. The van der Waals surface area contributed by atoms with Crippen LogP contribution in [-0.2, 0) is 11.3 Å². The highest BCUT2D eigenvalue weighted by atomic mass is 16.5. The minimum Gasteiger partial charge on any atom is -0.490 e. The summed E-state index contributed by atoms with van der Waals surface area (Å²) in [6.07, 6.45) is 0. The summed E-state index contributed by atoms with van der Waals surface area (Å²) in [6.45, 7) is 8.26. The van der Waals surface area contributed by atoms with E-state index in [0.717, 1.165) is 11.4 Å². The molecule has 2 rings (SSSR count). The minimum absolute atomic E-state index is 0.0253. The fourth-order valence-electron chi connectivity index (χ4n) is 2.80. The molecule has 1 atom stereocenters. The predicted molar refractivity (Wildman–Crippen MR) is 104 cm³/mol. The van der Waals surface area contributed by atoms with Crippen molar-refractivity contribution in [2.45, 2.75) is 27.3 Å². The molecular formula is C21H29N2O3+. The zero-order chi connectivity index (χ0) is 18.9. The fourth-order valence-corrected chi connectivity index (χ4v) is 2.80. The maximum absolute atomic E-state index is 12.4. The average molecular weight is 357 g/mol. The molecular weight excluding hydrogens is 328 g/mol. The number of carbonyl (C=O) groups excluding carboxylic acids is 1. The second-order valence-electron chi connectivity index (χ2n) is 6.31. The normalized spacial score (nSPS) is 11.7. The first kappa shape index (κ1) is 19.8. The standard InChI is InChI=1S/C21H28N2O3/c1-5-25-19-12-11-18(13-20(19)26-6-2)22-21(24)15-23(4)14-17-10-8-7-9-16(17)3/h7-13H,5-6,14-15H2,1-4H3,(H,22,24)/p+1. The molecule has 0 bridgehead atoms. The maximum Gasteiger partial charge on any atom is 0.279 e. The van der Waals surface area contributed by atoms with Crippen LogP contribution in [0.5, 0.6) is 11.5 Å². The van der Waals surface area contributed by atoms with Gasteiger partial charge in [0.25, 0.3) is 5.91 Å². The molecule has 0 aromatic heterocycles. The third-order valence-corrected chi connectivity index (χ3v) is 4.04. The first-order chi connectivity index (χ1) is 12.5. The van der Waals surface area contributed by atoms with Gasteiger partial charge < -0.3 is 19.7 Å². The SMILES string of the molecule is CCOc1ccc(NC(=O)C[NH+](C)Cc2ccccc2C)cc1OCC. The van der Waals surface area contributed by atoms with Crippen LogP contribution >= 0.6 is 0 Å². The lowest BCUT2D eigenvalue weighted by Crippen LogP contribution is -3.08. The van der Waals surface area contributed by atoms with Gasteiger partial charge in [-0.05, 0) is 38.5 Å². The molecule has 1 unspecified atom stereocenters. The van der Waals surface area contributed by atoms with Gasteiger partial charge >= 0.3 is 0 Å². The van der Waals surface area contributed by atoms with E-state index in [1.165, 1.54) is 11.1 Å². The second kappa shape index (κ2) is 9.82. The minimum atomic E-state index is -0.0253. The molecule has 0 aliphatic carbocycles. The van der Waals surface area contributed by atoms with E-state index >= 15 is 0 Å². The van der Waals surface area contributed by atoms with Crippen LogP contribution in [0.25, 0.3) is 0 Å². The summed E-state index contributed by atoms with van der Waals surface area (Å²) in [6, 6.07) is 13.7. The molecule has 0 spiro atoms. The molecule has 0 saturated heterocycles. The van der Waals surface area contributed by atoms with Crippen molar-refractivity contribution in [1.82, 2.24) is 0 Å².